The summed E-state index contributed by atoms with van der Waals surface area (Å²) in [7, 11) is 8.44. The Morgan fingerprint density at radius 3 is 2.56 bits per heavy atom. The predicted octanol–water partition coefficient (Wildman–Crippen LogP) is 2.39. The zero-order chi connectivity index (χ0) is 19.6. The molecule has 2 aromatic carbocycles. The lowest BCUT2D eigenvalue weighted by molar-refractivity contribution is -0.383. The van der Waals surface area contributed by atoms with E-state index in [4.69, 9.17) is 17.3 Å². The van der Waals surface area contributed by atoms with Crippen LogP contribution in [0.25, 0.3) is 10.9 Å². The Labute approximate surface area is 155 Å². The lowest BCUT2D eigenvalue weighted by Crippen LogP contribution is -2.04. The summed E-state index contributed by atoms with van der Waals surface area (Å²) in [5.74, 6) is 0.263. The van der Waals surface area contributed by atoms with Gasteiger partial charge in [-0.1, -0.05) is 6.07 Å². The van der Waals surface area contributed by atoms with Crippen LogP contribution in [0.4, 0.5) is 5.69 Å². The Balaban J connectivity index is 2.00. The summed E-state index contributed by atoms with van der Waals surface area (Å²) >= 11 is 0. The molecule has 0 atom stereocenters. The number of H-pyrrole nitrogens is 1. The highest BCUT2D eigenvalue weighted by molar-refractivity contribution is 6.32. The number of hydrogen-bond donors (Lipinski definition) is 1. The minimum Gasteiger partial charge on any atom is -0.493 e. The van der Waals surface area contributed by atoms with Gasteiger partial charge >= 0.3 is 11.7 Å². The number of nitro benzene ring substituents is 1. The van der Waals surface area contributed by atoms with Crippen molar-refractivity contribution in [3.05, 3.63) is 52.1 Å². The summed E-state index contributed by atoms with van der Waals surface area (Å²) < 4.78 is 15.7. The summed E-state index contributed by atoms with van der Waals surface area (Å²) in [6, 6.07) is 9.47. The van der Waals surface area contributed by atoms with Crippen molar-refractivity contribution >= 4 is 36.0 Å². The van der Waals surface area contributed by atoms with Crippen molar-refractivity contribution < 1.29 is 23.9 Å². The van der Waals surface area contributed by atoms with Crippen LogP contribution in [0.5, 0.6) is 17.2 Å². The molecule has 1 N–H and O–H groups in total. The minimum atomic E-state index is -0.525. The number of aromatic amines is 1. The Morgan fingerprint density at radius 1 is 1.15 bits per heavy atom. The molecule has 0 bridgehead atoms. The van der Waals surface area contributed by atoms with Crippen LogP contribution in [-0.4, -0.2) is 37.9 Å². The molecular weight excluding hydrogens is 351 g/mol. The third kappa shape index (κ3) is 3.71. The van der Waals surface area contributed by atoms with E-state index in [1.807, 2.05) is 0 Å². The minimum absolute atomic E-state index is 0.0468. The molecule has 0 amide bonds. The summed E-state index contributed by atoms with van der Waals surface area (Å²) in [4.78, 5) is 25.3. The van der Waals surface area contributed by atoms with Crippen LogP contribution in [0.1, 0.15) is 5.56 Å². The Hall–Kier alpha value is -3.49. The average Bonchev–Trinajstić information content (AvgIpc) is 3.02. The molecule has 3 rings (SSSR count). The monoisotopic (exact) mass is 366 g/mol. The molecule has 0 aliphatic rings. The molecule has 0 aliphatic heterocycles. The summed E-state index contributed by atoms with van der Waals surface area (Å²) in [5, 5.41) is 11.9. The summed E-state index contributed by atoms with van der Waals surface area (Å²) in [6.45, 7) is 0. The molecule has 0 fully saturated rings. The van der Waals surface area contributed by atoms with Crippen molar-refractivity contribution in [1.82, 2.24) is 4.98 Å². The summed E-state index contributed by atoms with van der Waals surface area (Å²) in [5.41, 5.74) is 1.30. The first-order valence-electron chi connectivity index (χ1n) is 7.90. The lowest BCUT2D eigenvalue weighted by Gasteiger charge is -2.12. The van der Waals surface area contributed by atoms with Crippen LogP contribution in [0.2, 0.25) is 0 Å². The number of nitrogens with one attached hydrogen (secondary N) is 1. The molecule has 0 aliphatic carbocycles. The van der Waals surface area contributed by atoms with E-state index < -0.39 is 10.9 Å². The van der Waals surface area contributed by atoms with Crippen molar-refractivity contribution in [2.24, 2.45) is 0 Å². The molecule has 136 valence electrons. The maximum absolute atomic E-state index is 11.6. The van der Waals surface area contributed by atoms with Gasteiger partial charge in [-0.25, -0.2) is 0 Å². The number of benzene rings is 2. The van der Waals surface area contributed by atoms with E-state index in [1.165, 1.54) is 26.4 Å². The fourth-order valence-electron chi connectivity index (χ4n) is 2.72. The van der Waals surface area contributed by atoms with Crippen molar-refractivity contribution in [2.45, 2.75) is 6.42 Å². The van der Waals surface area contributed by atoms with Crippen molar-refractivity contribution in [3.8, 4) is 17.2 Å². The molecule has 2 radical (unpaired) electrons. The Morgan fingerprint density at radius 2 is 1.89 bits per heavy atom. The van der Waals surface area contributed by atoms with E-state index in [1.54, 1.807) is 24.3 Å². The van der Waals surface area contributed by atoms with Crippen molar-refractivity contribution in [2.75, 3.05) is 14.2 Å². The lowest BCUT2D eigenvalue weighted by atomic mass is 10.1. The van der Waals surface area contributed by atoms with Gasteiger partial charge < -0.3 is 19.2 Å². The van der Waals surface area contributed by atoms with Crippen LogP contribution in [-0.2, 0) is 16.0 Å². The standard InChI is InChI=1S/C18H15BN2O6/c1-25-15-7-10(8-17(22)26-2)3-5-13(15)27-14-6-4-12-11(9-16(19)20-12)18(14)21(23)24/h3-7,9,20H,8H2,1-2H3. The normalized spacial score (nSPS) is 10.6. The molecule has 0 saturated heterocycles. The number of aromatic nitrogens is 1. The van der Waals surface area contributed by atoms with Crippen molar-refractivity contribution in [3.63, 3.8) is 0 Å². The van der Waals surface area contributed by atoms with Gasteiger partial charge in [-0.2, -0.15) is 0 Å². The number of hydrogen-bond acceptors (Lipinski definition) is 6. The predicted molar refractivity (Wildman–Crippen MR) is 99.1 cm³/mol. The number of carbonyl (C=O) groups is 1. The van der Waals surface area contributed by atoms with Gasteiger partial charge in [-0.05, 0) is 41.5 Å². The van der Waals surface area contributed by atoms with Crippen LogP contribution in [0.15, 0.2) is 36.4 Å². The van der Waals surface area contributed by atoms with Gasteiger partial charge in [0.05, 0.1) is 36.5 Å². The number of nitro groups is 1. The second-order valence-electron chi connectivity index (χ2n) is 5.70. The SMILES string of the molecule is [B]c1cc2c([N+](=O)[O-])c(Oc3ccc(CC(=O)OC)cc3OC)ccc2[nH]1. The highest BCUT2D eigenvalue weighted by Crippen LogP contribution is 2.40. The van der Waals surface area contributed by atoms with Crippen LogP contribution in [0.3, 0.4) is 0 Å². The maximum atomic E-state index is 11.6. The number of fused-ring (bicyclic) bond motifs is 1. The smallest absolute Gasteiger partial charge is 0.320 e. The third-order valence-corrected chi connectivity index (χ3v) is 3.97. The van der Waals surface area contributed by atoms with E-state index >= 15 is 0 Å². The van der Waals surface area contributed by atoms with E-state index in [0.717, 1.165) is 0 Å². The first-order chi connectivity index (χ1) is 12.9. The zero-order valence-electron chi connectivity index (χ0n) is 14.6. The number of nitrogens with zero attached hydrogens (tertiary/aromatic N) is 1. The quantitative estimate of drug-likeness (QED) is 0.311. The molecule has 9 heteroatoms. The summed E-state index contributed by atoms with van der Waals surface area (Å²) in [6.07, 6.45) is 0.0713. The largest absolute Gasteiger partial charge is 0.493 e. The van der Waals surface area contributed by atoms with Crippen LogP contribution in [0, 0.1) is 10.1 Å². The number of rotatable bonds is 6. The van der Waals surface area contributed by atoms with Gasteiger partial charge in [-0.3, -0.25) is 14.9 Å². The molecule has 3 aromatic rings. The van der Waals surface area contributed by atoms with Gasteiger partial charge in [0.1, 0.15) is 7.85 Å². The van der Waals surface area contributed by atoms with Gasteiger partial charge in [0.25, 0.3) is 0 Å². The molecular formula is C18H15BN2O6. The number of esters is 1. The highest BCUT2D eigenvalue weighted by Gasteiger charge is 2.22. The first kappa shape index (κ1) is 18.3. The van der Waals surface area contributed by atoms with E-state index in [2.05, 4.69) is 9.72 Å². The fourth-order valence-corrected chi connectivity index (χ4v) is 2.72. The molecule has 0 spiro atoms. The van der Waals surface area contributed by atoms with Gasteiger partial charge in [-0.15, -0.1) is 0 Å². The second kappa shape index (κ2) is 7.41. The molecule has 0 saturated carbocycles. The zero-order valence-corrected chi connectivity index (χ0v) is 14.6. The molecule has 0 unspecified atom stereocenters. The number of carbonyl (C=O) groups excluding carboxylic acids is 1. The fraction of sp³-hybridized carbons (Fsp3) is 0.167. The second-order valence-corrected chi connectivity index (χ2v) is 5.70. The van der Waals surface area contributed by atoms with Gasteiger partial charge in [0.15, 0.2) is 11.5 Å². The number of methoxy groups -OCH3 is 2. The molecule has 8 nitrogen and oxygen atoms in total. The Kier molecular flexibility index (Phi) is 5.02. The van der Waals surface area contributed by atoms with Gasteiger partial charge in [0.2, 0.25) is 5.75 Å². The molecule has 1 heterocycles. The van der Waals surface area contributed by atoms with E-state index in [0.29, 0.717) is 27.8 Å². The first-order valence-corrected chi connectivity index (χ1v) is 7.90. The molecule has 1 aromatic heterocycles. The van der Waals surface area contributed by atoms with E-state index in [-0.39, 0.29) is 23.6 Å². The van der Waals surface area contributed by atoms with Crippen molar-refractivity contribution in [1.29, 1.82) is 0 Å². The van der Waals surface area contributed by atoms with Crippen LogP contribution < -0.4 is 15.1 Å². The maximum Gasteiger partial charge on any atom is 0.320 e. The number of ether oxygens (including phenoxy) is 3. The van der Waals surface area contributed by atoms with E-state index in [9.17, 15) is 14.9 Å². The topological polar surface area (TPSA) is 104 Å². The molecule has 27 heavy (non-hydrogen) atoms. The third-order valence-electron chi connectivity index (χ3n) is 3.97. The Bertz CT molecular complexity index is 1030. The average molecular weight is 366 g/mol. The van der Waals surface area contributed by atoms with Gasteiger partial charge in [0, 0.05) is 0 Å². The highest BCUT2D eigenvalue weighted by atomic mass is 16.6. The van der Waals surface area contributed by atoms with Crippen LogP contribution >= 0.6 is 0 Å².